The summed E-state index contributed by atoms with van der Waals surface area (Å²) < 4.78 is 5.00. The number of benzene rings is 1. The standard InChI is InChI=1S/C16H19N3O2/c1-21-14-7-12(8-17)15(13(9-18)16(14)20)19-10-11-5-3-2-4-6-11/h7,11,19-20H,2-6,10H2,1H3. The van der Waals surface area contributed by atoms with Crippen LogP contribution in [0.25, 0.3) is 0 Å². The Labute approximate surface area is 124 Å². The summed E-state index contributed by atoms with van der Waals surface area (Å²) in [6, 6.07) is 5.47. The third-order valence-corrected chi connectivity index (χ3v) is 4.01. The van der Waals surface area contributed by atoms with Crippen LogP contribution in [0.15, 0.2) is 6.07 Å². The summed E-state index contributed by atoms with van der Waals surface area (Å²) in [5, 5.41) is 31.7. The van der Waals surface area contributed by atoms with Crippen molar-refractivity contribution in [2.45, 2.75) is 32.1 Å². The summed E-state index contributed by atoms with van der Waals surface area (Å²) in [5.74, 6) is 0.484. The van der Waals surface area contributed by atoms with E-state index in [1.807, 2.05) is 6.07 Å². The fraction of sp³-hybridized carbons (Fsp3) is 0.500. The Morgan fingerprint density at radius 3 is 2.57 bits per heavy atom. The van der Waals surface area contributed by atoms with Crippen molar-refractivity contribution in [1.82, 2.24) is 0 Å². The fourth-order valence-electron chi connectivity index (χ4n) is 2.82. The van der Waals surface area contributed by atoms with Gasteiger partial charge in [0.1, 0.15) is 17.7 Å². The maximum absolute atomic E-state index is 10.0. The minimum Gasteiger partial charge on any atom is -0.503 e. The van der Waals surface area contributed by atoms with Gasteiger partial charge in [0.2, 0.25) is 0 Å². The lowest BCUT2D eigenvalue weighted by molar-refractivity contribution is 0.370. The molecule has 0 aliphatic heterocycles. The Balaban J connectivity index is 2.27. The predicted octanol–water partition coefficient (Wildman–Crippen LogP) is 3.14. The molecule has 0 spiro atoms. The van der Waals surface area contributed by atoms with E-state index in [1.54, 1.807) is 0 Å². The first kappa shape index (κ1) is 15.0. The number of anilines is 1. The molecule has 0 heterocycles. The first-order chi connectivity index (χ1) is 10.2. The van der Waals surface area contributed by atoms with Crippen molar-refractivity contribution in [2.24, 2.45) is 5.92 Å². The lowest BCUT2D eigenvalue weighted by Crippen LogP contribution is -2.18. The van der Waals surface area contributed by atoms with E-state index in [4.69, 9.17) is 4.74 Å². The molecular weight excluding hydrogens is 266 g/mol. The zero-order valence-electron chi connectivity index (χ0n) is 12.1. The topological polar surface area (TPSA) is 89.1 Å². The van der Waals surface area contributed by atoms with Crippen molar-refractivity contribution in [3.8, 4) is 23.6 Å². The van der Waals surface area contributed by atoms with Gasteiger partial charge in [-0.3, -0.25) is 0 Å². The van der Waals surface area contributed by atoms with Crippen LogP contribution >= 0.6 is 0 Å². The second-order valence-corrected chi connectivity index (χ2v) is 5.33. The van der Waals surface area contributed by atoms with Gasteiger partial charge in [0.15, 0.2) is 11.5 Å². The average molecular weight is 285 g/mol. The van der Waals surface area contributed by atoms with Crippen LogP contribution in [0.5, 0.6) is 11.5 Å². The number of aromatic hydroxyl groups is 1. The van der Waals surface area contributed by atoms with Crippen molar-refractivity contribution in [3.63, 3.8) is 0 Å². The van der Waals surface area contributed by atoms with Crippen LogP contribution in [0, 0.1) is 28.6 Å². The number of methoxy groups -OCH3 is 1. The molecule has 1 aromatic rings. The largest absolute Gasteiger partial charge is 0.503 e. The molecule has 1 aromatic carbocycles. The first-order valence-electron chi connectivity index (χ1n) is 7.19. The predicted molar refractivity (Wildman–Crippen MR) is 79.2 cm³/mol. The van der Waals surface area contributed by atoms with Gasteiger partial charge < -0.3 is 15.2 Å². The van der Waals surface area contributed by atoms with Crippen LogP contribution < -0.4 is 10.1 Å². The molecule has 5 heteroatoms. The van der Waals surface area contributed by atoms with Gasteiger partial charge in [-0.15, -0.1) is 0 Å². The van der Waals surface area contributed by atoms with E-state index < -0.39 is 0 Å². The third kappa shape index (κ3) is 3.20. The molecule has 0 radical (unpaired) electrons. The minimum atomic E-state index is -0.217. The van der Waals surface area contributed by atoms with E-state index in [0.29, 0.717) is 17.2 Å². The van der Waals surface area contributed by atoms with Crippen molar-refractivity contribution in [3.05, 3.63) is 17.2 Å². The molecule has 1 fully saturated rings. The zero-order valence-corrected chi connectivity index (χ0v) is 12.1. The van der Waals surface area contributed by atoms with Crippen LogP contribution in [0.4, 0.5) is 5.69 Å². The molecule has 0 bridgehead atoms. The molecule has 110 valence electrons. The number of nitrogens with zero attached hydrogens (tertiary/aromatic N) is 2. The van der Waals surface area contributed by atoms with E-state index in [0.717, 1.165) is 6.54 Å². The summed E-state index contributed by atoms with van der Waals surface area (Å²) in [6.07, 6.45) is 6.08. The van der Waals surface area contributed by atoms with Gasteiger partial charge in [-0.25, -0.2) is 0 Å². The Morgan fingerprint density at radius 2 is 2.00 bits per heavy atom. The average Bonchev–Trinajstić information content (AvgIpc) is 2.53. The second-order valence-electron chi connectivity index (χ2n) is 5.33. The fourth-order valence-corrected chi connectivity index (χ4v) is 2.82. The molecule has 1 aliphatic carbocycles. The molecule has 2 rings (SSSR count). The number of hydrogen-bond acceptors (Lipinski definition) is 5. The molecule has 0 saturated heterocycles. The molecule has 0 aromatic heterocycles. The zero-order chi connectivity index (χ0) is 15.2. The Bertz CT molecular complexity index is 593. The molecule has 1 aliphatic rings. The number of ether oxygens (including phenoxy) is 1. The van der Waals surface area contributed by atoms with Crippen molar-refractivity contribution >= 4 is 5.69 Å². The van der Waals surface area contributed by atoms with Gasteiger partial charge in [0, 0.05) is 12.6 Å². The van der Waals surface area contributed by atoms with Gasteiger partial charge in [0.25, 0.3) is 0 Å². The lowest BCUT2D eigenvalue weighted by atomic mass is 9.89. The number of rotatable bonds is 4. The van der Waals surface area contributed by atoms with Crippen LogP contribution in [0.1, 0.15) is 43.2 Å². The number of phenols is 1. The van der Waals surface area contributed by atoms with Crippen molar-refractivity contribution in [2.75, 3.05) is 19.0 Å². The normalized spacial score (nSPS) is 15.0. The molecule has 0 amide bonds. The lowest BCUT2D eigenvalue weighted by Gasteiger charge is -2.23. The van der Waals surface area contributed by atoms with Crippen LogP contribution in [-0.2, 0) is 0 Å². The SMILES string of the molecule is COc1cc(C#N)c(NCC2CCCCC2)c(C#N)c1O. The van der Waals surface area contributed by atoms with Gasteiger partial charge in [0.05, 0.1) is 18.4 Å². The van der Waals surface area contributed by atoms with Gasteiger partial charge in [-0.2, -0.15) is 10.5 Å². The monoisotopic (exact) mass is 285 g/mol. The Hall–Kier alpha value is -2.40. The number of phenolic OH excluding ortho intramolecular Hbond substituents is 1. The smallest absolute Gasteiger partial charge is 0.178 e. The van der Waals surface area contributed by atoms with Gasteiger partial charge in [-0.1, -0.05) is 19.3 Å². The molecular formula is C16H19N3O2. The van der Waals surface area contributed by atoms with Gasteiger partial charge >= 0.3 is 0 Å². The van der Waals surface area contributed by atoms with Crippen molar-refractivity contribution < 1.29 is 9.84 Å². The molecule has 21 heavy (non-hydrogen) atoms. The first-order valence-corrected chi connectivity index (χ1v) is 7.19. The van der Waals surface area contributed by atoms with E-state index >= 15 is 0 Å². The molecule has 0 atom stereocenters. The van der Waals surface area contributed by atoms with E-state index in [-0.39, 0.29) is 17.1 Å². The highest BCUT2D eigenvalue weighted by Gasteiger charge is 2.20. The summed E-state index contributed by atoms with van der Waals surface area (Å²) >= 11 is 0. The molecule has 0 unspecified atom stereocenters. The third-order valence-electron chi connectivity index (χ3n) is 4.01. The molecule has 1 saturated carbocycles. The van der Waals surface area contributed by atoms with Gasteiger partial charge in [-0.05, 0) is 18.8 Å². The number of nitriles is 2. The van der Waals surface area contributed by atoms with E-state index in [1.165, 1.54) is 45.3 Å². The highest BCUT2D eigenvalue weighted by atomic mass is 16.5. The highest BCUT2D eigenvalue weighted by Crippen LogP contribution is 2.37. The summed E-state index contributed by atoms with van der Waals surface area (Å²) in [5.41, 5.74) is 0.794. The highest BCUT2D eigenvalue weighted by molar-refractivity contribution is 5.74. The Kier molecular flexibility index (Phi) is 4.90. The minimum absolute atomic E-state index is 0.0710. The maximum atomic E-state index is 10.0. The quantitative estimate of drug-likeness (QED) is 0.887. The summed E-state index contributed by atoms with van der Waals surface area (Å²) in [6.45, 7) is 0.717. The molecule has 5 nitrogen and oxygen atoms in total. The number of hydrogen-bond donors (Lipinski definition) is 2. The van der Waals surface area contributed by atoms with E-state index in [2.05, 4.69) is 11.4 Å². The maximum Gasteiger partial charge on any atom is 0.178 e. The van der Waals surface area contributed by atoms with E-state index in [9.17, 15) is 15.6 Å². The van der Waals surface area contributed by atoms with Crippen LogP contribution in [-0.4, -0.2) is 18.8 Å². The number of nitrogens with one attached hydrogen (secondary N) is 1. The Morgan fingerprint density at radius 1 is 1.29 bits per heavy atom. The molecule has 2 N–H and O–H groups in total. The van der Waals surface area contributed by atoms with Crippen LogP contribution in [0.2, 0.25) is 0 Å². The van der Waals surface area contributed by atoms with Crippen molar-refractivity contribution in [1.29, 1.82) is 10.5 Å². The summed E-state index contributed by atoms with van der Waals surface area (Å²) in [4.78, 5) is 0. The van der Waals surface area contributed by atoms with Crippen LogP contribution in [0.3, 0.4) is 0 Å². The second kappa shape index (κ2) is 6.85. The summed E-state index contributed by atoms with van der Waals surface area (Å²) in [7, 11) is 1.40.